The topological polar surface area (TPSA) is 31.2 Å². The monoisotopic (exact) mass is 264 g/mol. The maximum Gasteiger partial charge on any atom is 0.340 e. The molecule has 3 aromatic rings. The highest BCUT2D eigenvalue weighted by atomic mass is 16.5. The Morgan fingerprint density at radius 2 is 2.00 bits per heavy atom. The van der Waals surface area contributed by atoms with Crippen molar-refractivity contribution in [2.75, 3.05) is 7.11 Å². The van der Waals surface area contributed by atoms with Crippen LogP contribution in [0, 0.1) is 6.07 Å². The molecule has 0 saturated carbocycles. The smallest absolute Gasteiger partial charge is 0.340 e. The summed E-state index contributed by atoms with van der Waals surface area (Å²) in [6.45, 7) is 0.714. The first-order valence-electron chi connectivity index (χ1n) is 6.41. The van der Waals surface area contributed by atoms with Crippen LogP contribution in [0.5, 0.6) is 0 Å². The van der Waals surface area contributed by atoms with Crippen LogP contribution in [0.2, 0.25) is 0 Å². The Hall–Kier alpha value is -2.55. The third-order valence-electron chi connectivity index (χ3n) is 3.33. The van der Waals surface area contributed by atoms with Crippen LogP contribution in [-0.2, 0) is 11.3 Å². The van der Waals surface area contributed by atoms with Crippen molar-refractivity contribution in [1.82, 2.24) is 4.57 Å². The van der Waals surface area contributed by atoms with E-state index >= 15 is 0 Å². The molecule has 3 rings (SSSR count). The van der Waals surface area contributed by atoms with Gasteiger partial charge in [-0.25, -0.2) is 4.79 Å². The van der Waals surface area contributed by atoms with Gasteiger partial charge in [0.25, 0.3) is 0 Å². The highest BCUT2D eigenvalue weighted by molar-refractivity contribution is 6.03. The number of carbonyl (C=O) groups is 1. The largest absolute Gasteiger partial charge is 0.465 e. The first kappa shape index (κ1) is 12.5. The second kappa shape index (κ2) is 5.21. The number of esters is 1. The molecule has 1 aromatic heterocycles. The van der Waals surface area contributed by atoms with Gasteiger partial charge in [0, 0.05) is 18.1 Å². The lowest BCUT2D eigenvalue weighted by molar-refractivity contribution is 0.0602. The molecule has 0 aliphatic rings. The zero-order chi connectivity index (χ0) is 13.9. The van der Waals surface area contributed by atoms with Gasteiger partial charge in [-0.2, -0.15) is 0 Å². The Bertz CT molecular complexity index is 744. The van der Waals surface area contributed by atoms with E-state index in [1.807, 2.05) is 48.7 Å². The molecule has 1 heterocycles. The van der Waals surface area contributed by atoms with Gasteiger partial charge in [-0.3, -0.25) is 0 Å². The maximum absolute atomic E-state index is 11.9. The Morgan fingerprint density at radius 1 is 1.20 bits per heavy atom. The van der Waals surface area contributed by atoms with Crippen molar-refractivity contribution in [1.29, 1.82) is 0 Å². The Labute approximate surface area is 117 Å². The first-order valence-corrected chi connectivity index (χ1v) is 6.41. The maximum atomic E-state index is 11.9. The highest BCUT2D eigenvalue weighted by Crippen LogP contribution is 2.22. The minimum atomic E-state index is -0.308. The number of hydrogen-bond donors (Lipinski definition) is 0. The molecule has 0 aliphatic heterocycles. The third kappa shape index (κ3) is 2.18. The van der Waals surface area contributed by atoms with Crippen molar-refractivity contribution in [3.63, 3.8) is 0 Å². The third-order valence-corrected chi connectivity index (χ3v) is 3.33. The number of hydrogen-bond acceptors (Lipinski definition) is 2. The van der Waals surface area contributed by atoms with Crippen LogP contribution in [0.3, 0.4) is 0 Å². The normalized spacial score (nSPS) is 10.7. The molecule has 0 bridgehead atoms. The van der Waals surface area contributed by atoms with Crippen LogP contribution in [0.1, 0.15) is 15.9 Å². The lowest BCUT2D eigenvalue weighted by Gasteiger charge is -2.09. The van der Waals surface area contributed by atoms with Crippen LogP contribution in [0.4, 0.5) is 0 Å². The predicted octanol–water partition coefficient (Wildman–Crippen LogP) is 3.28. The summed E-state index contributed by atoms with van der Waals surface area (Å²) in [5.41, 5.74) is 2.67. The molecule has 0 aliphatic carbocycles. The average Bonchev–Trinajstić information content (AvgIpc) is 2.91. The van der Waals surface area contributed by atoms with Gasteiger partial charge in [-0.1, -0.05) is 36.4 Å². The van der Waals surface area contributed by atoms with Crippen molar-refractivity contribution >= 4 is 16.9 Å². The van der Waals surface area contributed by atoms with Gasteiger partial charge in [0.15, 0.2) is 0 Å². The zero-order valence-corrected chi connectivity index (χ0v) is 11.2. The molecule has 0 unspecified atom stereocenters. The number of ether oxygens (including phenoxy) is 1. The van der Waals surface area contributed by atoms with Crippen LogP contribution < -0.4 is 0 Å². The van der Waals surface area contributed by atoms with Gasteiger partial charge < -0.3 is 9.30 Å². The van der Waals surface area contributed by atoms with E-state index in [1.165, 1.54) is 12.7 Å². The standard InChI is InChI=1S/C17H14NO2/c1-20-17(19)15-9-5-8-14-10-11-18(16(14)15)12-13-6-3-2-4-7-13/h3-11H,12H2,1H3. The molecular formula is C17H14NO2. The summed E-state index contributed by atoms with van der Waals surface area (Å²) in [6.07, 6.45) is 1.99. The lowest BCUT2D eigenvalue weighted by Crippen LogP contribution is -2.06. The van der Waals surface area contributed by atoms with Crippen LogP contribution >= 0.6 is 0 Å². The van der Waals surface area contributed by atoms with Gasteiger partial charge in [0.2, 0.25) is 0 Å². The van der Waals surface area contributed by atoms with Crippen molar-refractivity contribution in [2.45, 2.75) is 6.54 Å². The summed E-state index contributed by atoms with van der Waals surface area (Å²) in [7, 11) is 1.40. The Kier molecular flexibility index (Phi) is 3.25. The molecule has 0 atom stereocenters. The quantitative estimate of drug-likeness (QED) is 0.680. The minimum Gasteiger partial charge on any atom is -0.465 e. The molecule has 0 saturated heterocycles. The lowest BCUT2D eigenvalue weighted by atomic mass is 10.1. The zero-order valence-electron chi connectivity index (χ0n) is 11.2. The molecule has 1 radical (unpaired) electrons. The average molecular weight is 264 g/mol. The number of rotatable bonds is 3. The minimum absolute atomic E-state index is 0.308. The molecule has 0 spiro atoms. The van der Waals surface area contributed by atoms with Crippen LogP contribution in [-0.4, -0.2) is 17.6 Å². The number of nitrogens with zero attached hydrogens (tertiary/aromatic N) is 1. The molecule has 0 amide bonds. The number of para-hydroxylation sites is 1. The Morgan fingerprint density at radius 3 is 2.75 bits per heavy atom. The fourth-order valence-electron chi connectivity index (χ4n) is 2.39. The second-order valence-corrected chi connectivity index (χ2v) is 4.59. The molecule has 0 N–H and O–H groups in total. The van der Waals surface area contributed by atoms with Gasteiger partial charge in [0.05, 0.1) is 18.2 Å². The van der Waals surface area contributed by atoms with E-state index in [0.29, 0.717) is 12.1 Å². The van der Waals surface area contributed by atoms with E-state index < -0.39 is 0 Å². The Balaban J connectivity index is 2.10. The van der Waals surface area contributed by atoms with E-state index in [2.05, 4.69) is 10.6 Å². The van der Waals surface area contributed by atoms with Crippen LogP contribution in [0.15, 0.2) is 54.7 Å². The van der Waals surface area contributed by atoms with Crippen molar-refractivity contribution in [3.8, 4) is 0 Å². The molecular weight excluding hydrogens is 250 g/mol. The number of fused-ring (bicyclic) bond motifs is 1. The van der Waals surface area contributed by atoms with E-state index in [1.54, 1.807) is 6.07 Å². The van der Waals surface area contributed by atoms with Crippen molar-refractivity contribution in [2.24, 2.45) is 0 Å². The molecule has 3 heteroatoms. The first-order chi connectivity index (χ1) is 9.79. The summed E-state index contributed by atoms with van der Waals surface area (Å²) < 4.78 is 6.93. The van der Waals surface area contributed by atoms with Crippen molar-refractivity contribution in [3.05, 3.63) is 71.9 Å². The number of carbonyl (C=O) groups excluding carboxylic acids is 1. The summed E-state index contributed by atoms with van der Waals surface area (Å²) in [6, 6.07) is 18.5. The summed E-state index contributed by atoms with van der Waals surface area (Å²) in [4.78, 5) is 11.9. The second-order valence-electron chi connectivity index (χ2n) is 4.59. The van der Waals surface area contributed by atoms with E-state index in [0.717, 1.165) is 10.9 Å². The van der Waals surface area contributed by atoms with Gasteiger partial charge in [0.1, 0.15) is 0 Å². The van der Waals surface area contributed by atoms with Crippen LogP contribution in [0.25, 0.3) is 10.9 Å². The van der Waals surface area contributed by atoms with E-state index in [4.69, 9.17) is 4.74 Å². The number of benzene rings is 2. The molecule has 99 valence electrons. The summed E-state index contributed by atoms with van der Waals surface area (Å²) in [5.74, 6) is -0.308. The fourth-order valence-corrected chi connectivity index (χ4v) is 2.39. The highest BCUT2D eigenvalue weighted by Gasteiger charge is 2.13. The van der Waals surface area contributed by atoms with Gasteiger partial charge in [-0.15, -0.1) is 0 Å². The predicted molar refractivity (Wildman–Crippen MR) is 77.7 cm³/mol. The van der Waals surface area contributed by atoms with Crippen molar-refractivity contribution < 1.29 is 9.53 Å². The van der Waals surface area contributed by atoms with Gasteiger partial charge >= 0.3 is 5.97 Å². The molecule has 3 nitrogen and oxygen atoms in total. The summed E-state index contributed by atoms with van der Waals surface area (Å²) in [5, 5.41) is 1.04. The molecule has 2 aromatic carbocycles. The summed E-state index contributed by atoms with van der Waals surface area (Å²) >= 11 is 0. The number of aromatic nitrogens is 1. The SMILES string of the molecule is COC(=O)c1cccc2ccn(Cc3cc[c]cc3)c12. The molecule has 20 heavy (non-hydrogen) atoms. The number of methoxy groups -OCH3 is 1. The van der Waals surface area contributed by atoms with Gasteiger partial charge in [-0.05, 0) is 23.8 Å². The van der Waals surface area contributed by atoms with E-state index in [-0.39, 0.29) is 5.97 Å². The fraction of sp³-hybridized carbons (Fsp3) is 0.118. The molecule has 0 fully saturated rings. The van der Waals surface area contributed by atoms with E-state index in [9.17, 15) is 4.79 Å².